The first-order valence-electron chi connectivity index (χ1n) is 4.22. The monoisotopic (exact) mass is 276 g/mol. The third-order valence-corrected chi connectivity index (χ3v) is 2.08. The van der Waals surface area contributed by atoms with Crippen LogP contribution in [-0.4, -0.2) is 26.1 Å². The smallest absolute Gasteiger partial charge is 0.195 e. The van der Waals surface area contributed by atoms with Crippen molar-refractivity contribution in [3.63, 3.8) is 0 Å². The maximum Gasteiger partial charge on any atom is 0.195 e. The molecule has 0 heterocycles. The van der Waals surface area contributed by atoms with E-state index in [9.17, 15) is 9.18 Å². The van der Waals surface area contributed by atoms with E-state index in [1.54, 1.807) is 6.07 Å². The highest BCUT2D eigenvalue weighted by Gasteiger charge is 2.06. The number of rotatable bonds is 5. The number of benzene rings is 1. The molecule has 0 aliphatic heterocycles. The average molecular weight is 277 g/mol. The van der Waals surface area contributed by atoms with Gasteiger partial charge in [0.1, 0.15) is 13.2 Å². The van der Waals surface area contributed by atoms with Gasteiger partial charge >= 0.3 is 0 Å². The number of ether oxygens (including phenoxy) is 2. The zero-order valence-electron chi connectivity index (χ0n) is 8.13. The lowest BCUT2D eigenvalue weighted by Crippen LogP contribution is -2.16. The van der Waals surface area contributed by atoms with Gasteiger partial charge in [0.25, 0.3) is 0 Å². The summed E-state index contributed by atoms with van der Waals surface area (Å²) in [6, 6.07) is 4.37. The summed E-state index contributed by atoms with van der Waals surface area (Å²) in [5, 5.41) is 0. The fourth-order valence-electron chi connectivity index (χ4n) is 0.953. The van der Waals surface area contributed by atoms with Crippen LogP contribution in [0, 0.1) is 5.82 Å². The Labute approximate surface area is 95.3 Å². The van der Waals surface area contributed by atoms with Gasteiger partial charge < -0.3 is 9.47 Å². The molecule has 1 aromatic carbocycles. The molecular weight excluding hydrogens is 267 g/mol. The van der Waals surface area contributed by atoms with Gasteiger partial charge in [-0.2, -0.15) is 0 Å². The maximum atomic E-state index is 13.2. The van der Waals surface area contributed by atoms with Crippen LogP contribution in [0.4, 0.5) is 4.39 Å². The lowest BCUT2D eigenvalue weighted by atomic mass is 10.3. The van der Waals surface area contributed by atoms with Gasteiger partial charge in [-0.3, -0.25) is 4.79 Å². The van der Waals surface area contributed by atoms with Gasteiger partial charge in [-0.1, -0.05) is 15.9 Å². The SMILES string of the molecule is COCC(=O)COc1ccc(Br)cc1F. The molecule has 0 bridgehead atoms. The summed E-state index contributed by atoms with van der Waals surface area (Å²) in [5.74, 6) is -0.683. The first kappa shape index (κ1) is 12.1. The van der Waals surface area contributed by atoms with Crippen LogP contribution in [-0.2, 0) is 9.53 Å². The molecular formula is C10H10BrFO3. The third-order valence-electron chi connectivity index (χ3n) is 1.59. The predicted molar refractivity (Wildman–Crippen MR) is 56.5 cm³/mol. The van der Waals surface area contributed by atoms with Crippen molar-refractivity contribution in [2.45, 2.75) is 0 Å². The van der Waals surface area contributed by atoms with Crippen LogP contribution in [0.15, 0.2) is 22.7 Å². The van der Waals surface area contributed by atoms with E-state index >= 15 is 0 Å². The molecule has 0 saturated heterocycles. The van der Waals surface area contributed by atoms with E-state index < -0.39 is 5.82 Å². The first-order valence-corrected chi connectivity index (χ1v) is 5.01. The molecule has 82 valence electrons. The van der Waals surface area contributed by atoms with Gasteiger partial charge in [-0.15, -0.1) is 0 Å². The molecule has 0 spiro atoms. The van der Waals surface area contributed by atoms with Crippen molar-refractivity contribution in [1.29, 1.82) is 0 Å². The maximum absolute atomic E-state index is 13.2. The average Bonchev–Trinajstić information content (AvgIpc) is 2.17. The Hall–Kier alpha value is -0.940. The Balaban J connectivity index is 2.54. The highest BCUT2D eigenvalue weighted by Crippen LogP contribution is 2.21. The normalized spacial score (nSPS) is 10.1. The Morgan fingerprint density at radius 3 is 2.80 bits per heavy atom. The molecule has 0 fully saturated rings. The van der Waals surface area contributed by atoms with Crippen molar-refractivity contribution in [1.82, 2.24) is 0 Å². The number of carbonyl (C=O) groups is 1. The summed E-state index contributed by atoms with van der Waals surface area (Å²) in [4.78, 5) is 11.0. The summed E-state index contributed by atoms with van der Waals surface area (Å²) in [5.41, 5.74) is 0. The molecule has 1 aromatic rings. The molecule has 3 nitrogen and oxygen atoms in total. The number of Topliss-reactive ketones (excluding diaryl/α,β-unsaturated/α-hetero) is 1. The largest absolute Gasteiger partial charge is 0.483 e. The molecule has 0 amide bonds. The number of hydrogen-bond acceptors (Lipinski definition) is 3. The van der Waals surface area contributed by atoms with Gasteiger partial charge in [0.2, 0.25) is 0 Å². The second kappa shape index (κ2) is 5.82. The van der Waals surface area contributed by atoms with Gasteiger partial charge in [0, 0.05) is 11.6 Å². The molecule has 1 rings (SSSR count). The highest BCUT2D eigenvalue weighted by atomic mass is 79.9. The summed E-state index contributed by atoms with van der Waals surface area (Å²) < 4.78 is 23.4. The van der Waals surface area contributed by atoms with E-state index in [-0.39, 0.29) is 24.7 Å². The summed E-state index contributed by atoms with van der Waals surface area (Å²) in [6.45, 7) is -0.218. The minimum absolute atomic E-state index is 0.0296. The molecule has 0 aromatic heterocycles. The van der Waals surface area contributed by atoms with Crippen LogP contribution in [0.3, 0.4) is 0 Å². The fourth-order valence-corrected chi connectivity index (χ4v) is 1.29. The van der Waals surface area contributed by atoms with E-state index in [1.165, 1.54) is 19.2 Å². The molecule has 0 saturated carbocycles. The van der Waals surface area contributed by atoms with Crippen molar-refractivity contribution >= 4 is 21.7 Å². The van der Waals surface area contributed by atoms with Crippen molar-refractivity contribution < 1.29 is 18.7 Å². The van der Waals surface area contributed by atoms with Gasteiger partial charge in [0.15, 0.2) is 17.3 Å². The van der Waals surface area contributed by atoms with Crippen molar-refractivity contribution in [3.05, 3.63) is 28.5 Å². The Morgan fingerprint density at radius 2 is 2.20 bits per heavy atom. The molecule has 15 heavy (non-hydrogen) atoms. The van der Waals surface area contributed by atoms with Crippen molar-refractivity contribution in [2.75, 3.05) is 20.3 Å². The summed E-state index contributed by atoms with van der Waals surface area (Å²) >= 11 is 3.12. The van der Waals surface area contributed by atoms with E-state index in [2.05, 4.69) is 20.7 Å². The lowest BCUT2D eigenvalue weighted by Gasteiger charge is -2.06. The molecule has 0 aliphatic rings. The Bertz CT molecular complexity index is 355. The minimum atomic E-state index is -0.505. The molecule has 0 N–H and O–H groups in total. The van der Waals surface area contributed by atoms with E-state index in [4.69, 9.17) is 4.74 Å². The number of carbonyl (C=O) groups excluding carboxylic acids is 1. The quantitative estimate of drug-likeness (QED) is 0.827. The number of ketones is 1. The van der Waals surface area contributed by atoms with Crippen molar-refractivity contribution in [3.8, 4) is 5.75 Å². The first-order chi connectivity index (χ1) is 7.13. The highest BCUT2D eigenvalue weighted by molar-refractivity contribution is 9.10. The van der Waals surface area contributed by atoms with Crippen LogP contribution >= 0.6 is 15.9 Å². The summed E-state index contributed by atoms with van der Waals surface area (Å²) in [6.07, 6.45) is 0. The summed E-state index contributed by atoms with van der Waals surface area (Å²) in [7, 11) is 1.41. The molecule has 0 aliphatic carbocycles. The fraction of sp³-hybridized carbons (Fsp3) is 0.300. The van der Waals surface area contributed by atoms with E-state index in [0.717, 1.165) is 0 Å². The van der Waals surface area contributed by atoms with Crippen LogP contribution in [0.25, 0.3) is 0 Å². The molecule has 0 radical (unpaired) electrons. The van der Waals surface area contributed by atoms with Crippen molar-refractivity contribution in [2.24, 2.45) is 0 Å². The second-order valence-electron chi connectivity index (χ2n) is 2.84. The van der Waals surface area contributed by atoms with E-state index in [1.807, 2.05) is 0 Å². The van der Waals surface area contributed by atoms with Gasteiger partial charge in [0.05, 0.1) is 0 Å². The van der Waals surface area contributed by atoms with E-state index in [0.29, 0.717) is 4.47 Å². The lowest BCUT2D eigenvalue weighted by molar-refractivity contribution is -0.124. The molecule has 5 heteroatoms. The number of methoxy groups -OCH3 is 1. The zero-order valence-corrected chi connectivity index (χ0v) is 9.71. The Kier molecular flexibility index (Phi) is 4.71. The predicted octanol–water partition coefficient (Wildman–Crippen LogP) is 2.18. The van der Waals surface area contributed by atoms with Crippen LogP contribution in [0.5, 0.6) is 5.75 Å². The topological polar surface area (TPSA) is 35.5 Å². The molecule has 0 atom stereocenters. The van der Waals surface area contributed by atoms with Crippen LogP contribution in [0.2, 0.25) is 0 Å². The minimum Gasteiger partial charge on any atom is -0.483 e. The number of hydrogen-bond donors (Lipinski definition) is 0. The third kappa shape index (κ3) is 3.97. The second-order valence-corrected chi connectivity index (χ2v) is 3.75. The molecule has 0 unspecified atom stereocenters. The standard InChI is InChI=1S/C10H10BrFO3/c1-14-5-8(13)6-15-10-3-2-7(11)4-9(10)12/h2-4H,5-6H2,1H3. The number of halogens is 2. The van der Waals surface area contributed by atoms with Gasteiger partial charge in [-0.05, 0) is 18.2 Å². The van der Waals surface area contributed by atoms with Gasteiger partial charge in [-0.25, -0.2) is 4.39 Å². The van der Waals surface area contributed by atoms with Crippen LogP contribution in [0.1, 0.15) is 0 Å². The van der Waals surface area contributed by atoms with Crippen LogP contribution < -0.4 is 4.74 Å². The Morgan fingerprint density at radius 1 is 1.47 bits per heavy atom. The zero-order chi connectivity index (χ0) is 11.3.